The zero-order valence-corrected chi connectivity index (χ0v) is 11.9. The molecule has 6 heteroatoms. The number of nitrogens with two attached hydrogens (primary N) is 1. The predicted octanol–water partition coefficient (Wildman–Crippen LogP) is 2.44. The van der Waals surface area contributed by atoms with E-state index < -0.39 is 5.82 Å². The Kier molecular flexibility index (Phi) is 6.04. The molecule has 3 nitrogen and oxygen atoms in total. The van der Waals surface area contributed by atoms with Crippen LogP contribution in [0.3, 0.4) is 0 Å². The Labute approximate surface area is 123 Å². The molecule has 0 spiro atoms. The van der Waals surface area contributed by atoms with Gasteiger partial charge in [0, 0.05) is 17.1 Å². The molecule has 106 valence electrons. The molecule has 0 unspecified atom stereocenters. The van der Waals surface area contributed by atoms with Crippen molar-refractivity contribution in [3.8, 4) is 0 Å². The summed E-state index contributed by atoms with van der Waals surface area (Å²) in [5.74, 6) is -0.538. The standard InChI is InChI=1S/C13H16ClFN2O.ClH/c14-9-3-8(4-10(15)6-9)5-13(18)17-12-2-1-11(16)7-12;/h3-4,6,11-12H,1-2,5,7,16H2,(H,17,18);1H/t11-,12+;/m1./s1. The summed E-state index contributed by atoms with van der Waals surface area (Å²) >= 11 is 5.73. The van der Waals surface area contributed by atoms with Crippen molar-refractivity contribution in [2.24, 2.45) is 5.73 Å². The van der Waals surface area contributed by atoms with E-state index in [4.69, 9.17) is 17.3 Å². The van der Waals surface area contributed by atoms with Crippen LogP contribution in [0.5, 0.6) is 0 Å². The molecule has 1 amide bonds. The molecule has 2 rings (SSSR count). The lowest BCUT2D eigenvalue weighted by Gasteiger charge is -2.12. The Bertz CT molecular complexity index is 436. The van der Waals surface area contributed by atoms with Crippen LogP contribution in [0.15, 0.2) is 18.2 Å². The first-order valence-electron chi connectivity index (χ1n) is 6.03. The molecule has 1 aromatic carbocycles. The van der Waals surface area contributed by atoms with Gasteiger partial charge >= 0.3 is 0 Å². The number of rotatable bonds is 3. The van der Waals surface area contributed by atoms with Crippen LogP contribution in [0.1, 0.15) is 24.8 Å². The lowest BCUT2D eigenvalue weighted by atomic mass is 10.1. The van der Waals surface area contributed by atoms with E-state index in [0.29, 0.717) is 10.6 Å². The van der Waals surface area contributed by atoms with Crippen LogP contribution in [0.25, 0.3) is 0 Å². The van der Waals surface area contributed by atoms with Gasteiger partial charge in [0.05, 0.1) is 6.42 Å². The first kappa shape index (κ1) is 16.2. The summed E-state index contributed by atoms with van der Waals surface area (Å²) in [6.07, 6.45) is 2.81. The Hall–Kier alpha value is -0.840. The van der Waals surface area contributed by atoms with E-state index in [0.717, 1.165) is 19.3 Å². The fraction of sp³-hybridized carbons (Fsp3) is 0.462. The second-order valence-corrected chi connectivity index (χ2v) is 5.23. The highest BCUT2D eigenvalue weighted by Crippen LogP contribution is 2.18. The van der Waals surface area contributed by atoms with E-state index >= 15 is 0 Å². The maximum absolute atomic E-state index is 13.1. The van der Waals surface area contributed by atoms with Crippen LogP contribution in [0, 0.1) is 5.82 Å². The minimum absolute atomic E-state index is 0. The summed E-state index contributed by atoms with van der Waals surface area (Å²) < 4.78 is 13.1. The van der Waals surface area contributed by atoms with Crippen LogP contribution < -0.4 is 11.1 Å². The maximum atomic E-state index is 13.1. The van der Waals surface area contributed by atoms with Crippen LogP contribution >= 0.6 is 24.0 Å². The third-order valence-electron chi connectivity index (χ3n) is 3.13. The van der Waals surface area contributed by atoms with Gasteiger partial charge in [0.25, 0.3) is 0 Å². The van der Waals surface area contributed by atoms with Crippen molar-refractivity contribution in [2.45, 2.75) is 37.8 Å². The Morgan fingerprint density at radius 1 is 1.42 bits per heavy atom. The number of nitrogens with one attached hydrogen (secondary N) is 1. The zero-order chi connectivity index (χ0) is 13.1. The number of hydrogen-bond donors (Lipinski definition) is 2. The first-order valence-corrected chi connectivity index (χ1v) is 6.40. The molecule has 3 N–H and O–H groups in total. The first-order chi connectivity index (χ1) is 8.52. The van der Waals surface area contributed by atoms with E-state index in [1.807, 2.05) is 0 Å². The number of benzene rings is 1. The lowest BCUT2D eigenvalue weighted by molar-refractivity contribution is -0.121. The van der Waals surface area contributed by atoms with E-state index in [-0.39, 0.29) is 36.8 Å². The van der Waals surface area contributed by atoms with Gasteiger partial charge < -0.3 is 11.1 Å². The lowest BCUT2D eigenvalue weighted by Crippen LogP contribution is -2.35. The van der Waals surface area contributed by atoms with Gasteiger partial charge in [-0.3, -0.25) is 4.79 Å². The summed E-state index contributed by atoms with van der Waals surface area (Å²) in [4.78, 5) is 11.8. The van der Waals surface area contributed by atoms with E-state index in [2.05, 4.69) is 5.32 Å². The molecule has 1 saturated carbocycles. The maximum Gasteiger partial charge on any atom is 0.224 e. The molecule has 0 bridgehead atoms. The number of hydrogen-bond acceptors (Lipinski definition) is 2. The average Bonchev–Trinajstić information content (AvgIpc) is 2.61. The van der Waals surface area contributed by atoms with E-state index in [9.17, 15) is 9.18 Å². The topological polar surface area (TPSA) is 55.1 Å². The van der Waals surface area contributed by atoms with Gasteiger partial charge in [-0.05, 0) is 43.0 Å². The zero-order valence-electron chi connectivity index (χ0n) is 10.4. The van der Waals surface area contributed by atoms with Gasteiger partial charge in [-0.1, -0.05) is 11.6 Å². The van der Waals surface area contributed by atoms with Crippen molar-refractivity contribution in [2.75, 3.05) is 0 Å². The quantitative estimate of drug-likeness (QED) is 0.901. The van der Waals surface area contributed by atoms with Crippen molar-refractivity contribution in [1.82, 2.24) is 5.32 Å². The van der Waals surface area contributed by atoms with E-state index in [1.165, 1.54) is 12.1 Å². The number of amides is 1. The average molecular weight is 307 g/mol. The van der Waals surface area contributed by atoms with Crippen molar-refractivity contribution in [1.29, 1.82) is 0 Å². The molecule has 2 atom stereocenters. The molecular weight excluding hydrogens is 290 g/mol. The van der Waals surface area contributed by atoms with Crippen molar-refractivity contribution < 1.29 is 9.18 Å². The monoisotopic (exact) mass is 306 g/mol. The summed E-state index contributed by atoms with van der Waals surface area (Å²) in [6.45, 7) is 0. The van der Waals surface area contributed by atoms with Gasteiger partial charge in [-0.25, -0.2) is 4.39 Å². The minimum atomic E-state index is -0.423. The molecule has 0 heterocycles. The molecule has 0 radical (unpaired) electrons. The van der Waals surface area contributed by atoms with Crippen LogP contribution in [0.2, 0.25) is 5.02 Å². The van der Waals surface area contributed by atoms with E-state index in [1.54, 1.807) is 6.07 Å². The van der Waals surface area contributed by atoms with Gasteiger partial charge in [0.15, 0.2) is 0 Å². The third-order valence-corrected chi connectivity index (χ3v) is 3.34. The second kappa shape index (κ2) is 7.08. The fourth-order valence-corrected chi connectivity index (χ4v) is 2.57. The molecule has 0 saturated heterocycles. The van der Waals surface area contributed by atoms with Gasteiger partial charge in [-0.2, -0.15) is 0 Å². The van der Waals surface area contributed by atoms with Crippen molar-refractivity contribution in [3.05, 3.63) is 34.6 Å². The summed E-state index contributed by atoms with van der Waals surface area (Å²) in [5.41, 5.74) is 6.36. The van der Waals surface area contributed by atoms with Gasteiger partial charge in [0.2, 0.25) is 5.91 Å². The van der Waals surface area contributed by atoms with Crippen LogP contribution in [-0.2, 0) is 11.2 Å². The highest BCUT2D eigenvalue weighted by atomic mass is 35.5. The minimum Gasteiger partial charge on any atom is -0.353 e. The number of carbonyl (C=O) groups excluding carboxylic acids is 1. The third kappa shape index (κ3) is 4.97. The molecule has 0 aromatic heterocycles. The number of carbonyl (C=O) groups is 1. The predicted molar refractivity (Wildman–Crippen MR) is 76.1 cm³/mol. The molecular formula is C13H17Cl2FN2O. The summed E-state index contributed by atoms with van der Waals surface area (Å²) in [5, 5.41) is 3.22. The SMILES string of the molecule is Cl.N[C@@H]1CC[C@H](NC(=O)Cc2cc(F)cc(Cl)c2)C1. The number of halogens is 3. The largest absolute Gasteiger partial charge is 0.353 e. The Morgan fingerprint density at radius 3 is 2.74 bits per heavy atom. The van der Waals surface area contributed by atoms with Crippen molar-refractivity contribution in [3.63, 3.8) is 0 Å². The molecule has 0 aliphatic heterocycles. The fourth-order valence-electron chi connectivity index (χ4n) is 2.32. The van der Waals surface area contributed by atoms with Crippen LogP contribution in [-0.4, -0.2) is 18.0 Å². The summed E-state index contributed by atoms with van der Waals surface area (Å²) in [7, 11) is 0. The summed E-state index contributed by atoms with van der Waals surface area (Å²) in [6, 6.07) is 4.48. The molecule has 1 aromatic rings. The highest BCUT2D eigenvalue weighted by molar-refractivity contribution is 6.30. The smallest absolute Gasteiger partial charge is 0.224 e. The van der Waals surface area contributed by atoms with Crippen molar-refractivity contribution >= 4 is 29.9 Å². The van der Waals surface area contributed by atoms with Gasteiger partial charge in [-0.15, -0.1) is 12.4 Å². The molecule has 19 heavy (non-hydrogen) atoms. The molecule has 1 aliphatic carbocycles. The van der Waals surface area contributed by atoms with Gasteiger partial charge in [0.1, 0.15) is 5.82 Å². The molecule has 1 fully saturated rings. The van der Waals surface area contributed by atoms with Crippen LogP contribution in [0.4, 0.5) is 4.39 Å². The Balaban J connectivity index is 0.00000180. The second-order valence-electron chi connectivity index (χ2n) is 4.79. The normalized spacial score (nSPS) is 21.8. The molecule has 1 aliphatic rings. The Morgan fingerprint density at radius 2 is 2.16 bits per heavy atom. The highest BCUT2D eigenvalue weighted by Gasteiger charge is 2.23.